The number of ether oxygens (including phenoxy) is 1. The van der Waals surface area contributed by atoms with Crippen molar-refractivity contribution in [2.45, 2.75) is 56.7 Å². The minimum atomic E-state index is 0.396. The maximum atomic E-state index is 5.60. The Labute approximate surface area is 139 Å². The Morgan fingerprint density at radius 3 is 2.30 bits per heavy atom. The van der Waals surface area contributed by atoms with Crippen LogP contribution < -0.4 is 4.74 Å². The number of halogens is 2. The van der Waals surface area contributed by atoms with E-state index in [0.717, 1.165) is 11.7 Å². The highest BCUT2D eigenvalue weighted by Gasteiger charge is 2.24. The monoisotopic (exact) mass is 402 g/mol. The van der Waals surface area contributed by atoms with Crippen LogP contribution in [0.1, 0.15) is 60.9 Å². The molecule has 0 saturated heterocycles. The molecule has 1 nitrogen and oxygen atoms in total. The van der Waals surface area contributed by atoms with E-state index < -0.39 is 0 Å². The van der Waals surface area contributed by atoms with E-state index in [1.807, 2.05) is 0 Å². The molecule has 1 unspecified atom stereocenters. The molecule has 20 heavy (non-hydrogen) atoms. The molecule has 1 saturated carbocycles. The van der Waals surface area contributed by atoms with Gasteiger partial charge in [-0.25, -0.2) is 0 Å². The molecule has 0 bridgehead atoms. The molecule has 0 radical (unpaired) electrons. The highest BCUT2D eigenvalue weighted by molar-refractivity contribution is 9.10. The molecular weight excluding hydrogens is 380 g/mol. The van der Waals surface area contributed by atoms with Crippen LogP contribution >= 0.6 is 31.9 Å². The van der Waals surface area contributed by atoms with Gasteiger partial charge in [-0.1, -0.05) is 64.0 Å². The van der Waals surface area contributed by atoms with Gasteiger partial charge >= 0.3 is 0 Å². The number of aryl methyl sites for hydroxylation is 1. The second kappa shape index (κ2) is 7.84. The second-order valence-electron chi connectivity index (χ2n) is 5.85. The molecule has 0 spiro atoms. The van der Waals surface area contributed by atoms with Crippen LogP contribution in [0.3, 0.4) is 0 Å². The van der Waals surface area contributed by atoms with Crippen LogP contribution in [-0.4, -0.2) is 7.11 Å². The summed E-state index contributed by atoms with van der Waals surface area (Å²) in [4.78, 5) is 0.396. The molecule has 0 aliphatic heterocycles. The van der Waals surface area contributed by atoms with Gasteiger partial charge in [0.05, 0.1) is 7.11 Å². The van der Waals surface area contributed by atoms with Crippen LogP contribution in [0.25, 0.3) is 0 Å². The summed E-state index contributed by atoms with van der Waals surface area (Å²) in [5, 5.41) is 0. The van der Waals surface area contributed by atoms with Crippen molar-refractivity contribution in [3.63, 3.8) is 0 Å². The lowest BCUT2D eigenvalue weighted by Gasteiger charge is -2.26. The fraction of sp³-hybridized carbons (Fsp3) is 0.647. The average Bonchev–Trinajstić information content (AvgIpc) is 2.40. The number of alkyl halides is 1. The highest BCUT2D eigenvalue weighted by Crippen LogP contribution is 2.43. The molecule has 112 valence electrons. The first-order valence-electron chi connectivity index (χ1n) is 7.61. The third-order valence-corrected chi connectivity index (χ3v) is 6.47. The van der Waals surface area contributed by atoms with Gasteiger partial charge in [-0.05, 0) is 43.4 Å². The van der Waals surface area contributed by atoms with Crippen LogP contribution in [0, 0.1) is 12.8 Å². The normalized spacial score (nSPS) is 19.2. The summed E-state index contributed by atoms with van der Waals surface area (Å²) in [6.45, 7) is 2.11. The first kappa shape index (κ1) is 16.4. The van der Waals surface area contributed by atoms with Gasteiger partial charge < -0.3 is 4.74 Å². The first-order chi connectivity index (χ1) is 9.63. The number of benzene rings is 1. The van der Waals surface area contributed by atoms with E-state index in [1.54, 1.807) is 7.11 Å². The van der Waals surface area contributed by atoms with Crippen molar-refractivity contribution in [3.05, 3.63) is 27.7 Å². The maximum absolute atomic E-state index is 5.60. The maximum Gasteiger partial charge on any atom is 0.123 e. The van der Waals surface area contributed by atoms with Crippen molar-refractivity contribution < 1.29 is 4.74 Å². The quantitative estimate of drug-likeness (QED) is 0.519. The molecule has 1 aliphatic carbocycles. The molecule has 0 amide bonds. The lowest BCUT2D eigenvalue weighted by atomic mass is 9.86. The number of rotatable bonds is 3. The molecular formula is C17H24Br2O. The molecule has 1 atom stereocenters. The summed E-state index contributed by atoms with van der Waals surface area (Å²) in [5.74, 6) is 1.73. The summed E-state index contributed by atoms with van der Waals surface area (Å²) in [7, 11) is 1.77. The minimum Gasteiger partial charge on any atom is -0.496 e. The zero-order chi connectivity index (χ0) is 14.5. The van der Waals surface area contributed by atoms with Crippen LogP contribution in [0.5, 0.6) is 5.75 Å². The zero-order valence-corrected chi connectivity index (χ0v) is 15.6. The Morgan fingerprint density at radius 1 is 1.10 bits per heavy atom. The van der Waals surface area contributed by atoms with Crippen molar-refractivity contribution >= 4 is 31.9 Å². The van der Waals surface area contributed by atoms with Gasteiger partial charge in [0, 0.05) is 14.9 Å². The molecule has 1 aromatic rings. The van der Waals surface area contributed by atoms with Crippen LogP contribution in [0.4, 0.5) is 0 Å². The average molecular weight is 404 g/mol. The third-order valence-electron chi connectivity index (χ3n) is 4.37. The van der Waals surface area contributed by atoms with Gasteiger partial charge in [-0.2, -0.15) is 0 Å². The van der Waals surface area contributed by atoms with E-state index in [-0.39, 0.29) is 0 Å². The Kier molecular flexibility index (Phi) is 6.41. The smallest absolute Gasteiger partial charge is 0.123 e. The van der Waals surface area contributed by atoms with E-state index in [0.29, 0.717) is 4.83 Å². The summed E-state index contributed by atoms with van der Waals surface area (Å²) in [5.41, 5.74) is 2.51. The SMILES string of the molecule is COc1cc(C)c(Br)cc1C(Br)C1CCCCCCC1. The van der Waals surface area contributed by atoms with Crippen molar-refractivity contribution in [3.8, 4) is 5.75 Å². The Morgan fingerprint density at radius 2 is 1.70 bits per heavy atom. The Hall–Kier alpha value is -0.0200. The van der Waals surface area contributed by atoms with Gasteiger partial charge in [-0.15, -0.1) is 0 Å². The Bertz CT molecular complexity index is 437. The fourth-order valence-electron chi connectivity index (χ4n) is 3.10. The number of hydrogen-bond acceptors (Lipinski definition) is 1. The second-order valence-corrected chi connectivity index (χ2v) is 7.69. The largest absolute Gasteiger partial charge is 0.496 e. The number of methoxy groups -OCH3 is 1. The van der Waals surface area contributed by atoms with Crippen LogP contribution in [0.15, 0.2) is 16.6 Å². The first-order valence-corrected chi connectivity index (χ1v) is 9.32. The molecule has 1 aromatic carbocycles. The standard InChI is InChI=1S/C17H24Br2O/c1-12-10-16(20-2)14(11-15(12)18)17(19)13-8-6-4-3-5-7-9-13/h10-11,13,17H,3-9H2,1-2H3. The van der Waals surface area contributed by atoms with Gasteiger partial charge in [-0.3, -0.25) is 0 Å². The third kappa shape index (κ3) is 4.00. The molecule has 2 rings (SSSR count). The molecule has 0 N–H and O–H groups in total. The lowest BCUT2D eigenvalue weighted by Crippen LogP contribution is -2.11. The van der Waals surface area contributed by atoms with Crippen molar-refractivity contribution in [1.82, 2.24) is 0 Å². The van der Waals surface area contributed by atoms with Gasteiger partial charge in [0.25, 0.3) is 0 Å². The van der Waals surface area contributed by atoms with E-state index in [4.69, 9.17) is 4.74 Å². The minimum absolute atomic E-state index is 0.396. The summed E-state index contributed by atoms with van der Waals surface area (Å²) < 4.78 is 6.77. The molecule has 3 heteroatoms. The fourth-order valence-corrected chi connectivity index (χ4v) is 4.34. The Balaban J connectivity index is 2.22. The van der Waals surface area contributed by atoms with Crippen LogP contribution in [-0.2, 0) is 0 Å². The van der Waals surface area contributed by atoms with E-state index in [9.17, 15) is 0 Å². The topological polar surface area (TPSA) is 9.23 Å². The van der Waals surface area contributed by atoms with Gasteiger partial charge in [0.1, 0.15) is 5.75 Å². The summed E-state index contributed by atoms with van der Waals surface area (Å²) in [6, 6.07) is 4.36. The van der Waals surface area contributed by atoms with E-state index in [2.05, 4.69) is 50.9 Å². The predicted molar refractivity (Wildman–Crippen MR) is 92.9 cm³/mol. The van der Waals surface area contributed by atoms with E-state index in [1.165, 1.54) is 60.5 Å². The zero-order valence-electron chi connectivity index (χ0n) is 12.4. The summed E-state index contributed by atoms with van der Waals surface area (Å²) in [6.07, 6.45) is 9.58. The van der Waals surface area contributed by atoms with E-state index >= 15 is 0 Å². The predicted octanol–water partition coefficient (Wildman–Crippen LogP) is 6.56. The van der Waals surface area contributed by atoms with Crippen molar-refractivity contribution in [2.75, 3.05) is 7.11 Å². The molecule has 1 fully saturated rings. The number of hydrogen-bond donors (Lipinski definition) is 0. The van der Waals surface area contributed by atoms with Crippen molar-refractivity contribution in [2.24, 2.45) is 5.92 Å². The lowest BCUT2D eigenvalue weighted by molar-refractivity contribution is 0.362. The molecule has 0 aromatic heterocycles. The van der Waals surface area contributed by atoms with Gasteiger partial charge in [0.15, 0.2) is 0 Å². The van der Waals surface area contributed by atoms with Crippen molar-refractivity contribution in [1.29, 1.82) is 0 Å². The summed E-state index contributed by atoms with van der Waals surface area (Å²) >= 11 is 7.61. The van der Waals surface area contributed by atoms with Crippen LogP contribution in [0.2, 0.25) is 0 Å². The highest BCUT2D eigenvalue weighted by atomic mass is 79.9. The molecule has 0 heterocycles. The van der Waals surface area contributed by atoms with Gasteiger partial charge in [0.2, 0.25) is 0 Å². The molecule has 1 aliphatic rings.